The van der Waals surface area contributed by atoms with Crippen LogP contribution < -0.4 is 10.0 Å². The molecule has 0 atom stereocenters. The predicted molar refractivity (Wildman–Crippen MR) is 119 cm³/mol. The summed E-state index contributed by atoms with van der Waals surface area (Å²) in [6.45, 7) is 1.81. The number of hydrogen-bond acceptors (Lipinski definition) is 6. The van der Waals surface area contributed by atoms with Crippen molar-refractivity contribution in [3.05, 3.63) is 60.0 Å². The molecule has 4 aromatic rings. The van der Waals surface area contributed by atoms with Gasteiger partial charge in [-0.3, -0.25) is 9.48 Å². The minimum atomic E-state index is -3.63. The number of sulfonamides is 1. The summed E-state index contributed by atoms with van der Waals surface area (Å²) in [5.41, 5.74) is 2.46. The Hall–Kier alpha value is -3.50. The molecule has 1 aliphatic carbocycles. The molecule has 1 saturated carbocycles. The van der Waals surface area contributed by atoms with E-state index in [4.69, 9.17) is 4.42 Å². The molecule has 0 saturated heterocycles. The number of carbonyl (C=O) groups excluding carboxylic acids is 1. The third-order valence-corrected chi connectivity index (χ3v) is 6.81. The number of nitrogens with zero attached hydrogens (tertiary/aromatic N) is 3. The number of amides is 1. The summed E-state index contributed by atoms with van der Waals surface area (Å²) >= 11 is 0. The van der Waals surface area contributed by atoms with Crippen LogP contribution in [0.5, 0.6) is 0 Å². The van der Waals surface area contributed by atoms with Crippen LogP contribution in [0, 0.1) is 6.92 Å². The van der Waals surface area contributed by atoms with Gasteiger partial charge in [-0.15, -0.1) is 0 Å². The third-order valence-electron chi connectivity index (χ3n) is 5.29. The van der Waals surface area contributed by atoms with E-state index < -0.39 is 15.9 Å². The third kappa shape index (κ3) is 3.78. The molecule has 1 fully saturated rings. The molecule has 5 rings (SSSR count). The maximum Gasteiger partial charge on any atom is 0.256 e. The first-order chi connectivity index (χ1) is 15.3. The maximum atomic E-state index is 13.3. The van der Waals surface area contributed by atoms with E-state index in [0.29, 0.717) is 39.4 Å². The fourth-order valence-electron chi connectivity index (χ4n) is 3.60. The Morgan fingerprint density at radius 1 is 1.19 bits per heavy atom. The number of anilines is 1. The Labute approximate surface area is 184 Å². The molecule has 32 heavy (non-hydrogen) atoms. The van der Waals surface area contributed by atoms with E-state index in [9.17, 15) is 13.2 Å². The second-order valence-corrected chi connectivity index (χ2v) is 9.53. The van der Waals surface area contributed by atoms with Crippen LogP contribution in [-0.4, -0.2) is 35.1 Å². The van der Waals surface area contributed by atoms with E-state index in [2.05, 4.69) is 20.1 Å². The van der Waals surface area contributed by atoms with Crippen LogP contribution in [0.4, 0.5) is 5.69 Å². The van der Waals surface area contributed by atoms with Crippen LogP contribution in [0.25, 0.3) is 22.5 Å². The molecule has 1 amide bonds. The van der Waals surface area contributed by atoms with Gasteiger partial charge in [-0.1, -0.05) is 6.07 Å². The highest BCUT2D eigenvalue weighted by atomic mass is 32.2. The van der Waals surface area contributed by atoms with Crippen LogP contribution in [0.1, 0.15) is 28.9 Å². The highest BCUT2D eigenvalue weighted by Gasteiger charge is 2.28. The summed E-state index contributed by atoms with van der Waals surface area (Å²) in [7, 11) is -1.87. The van der Waals surface area contributed by atoms with Crippen molar-refractivity contribution in [1.82, 2.24) is 19.5 Å². The number of benzene rings is 1. The van der Waals surface area contributed by atoms with Gasteiger partial charge in [0.1, 0.15) is 5.69 Å². The molecule has 164 valence electrons. The number of pyridine rings is 1. The first kappa shape index (κ1) is 20.4. The van der Waals surface area contributed by atoms with Gasteiger partial charge in [-0.2, -0.15) is 5.10 Å². The summed E-state index contributed by atoms with van der Waals surface area (Å²) in [6.07, 6.45) is 3.23. The molecule has 2 N–H and O–H groups in total. The number of nitrogens with one attached hydrogen (secondary N) is 2. The van der Waals surface area contributed by atoms with Gasteiger partial charge in [0.25, 0.3) is 5.91 Å². The highest BCUT2D eigenvalue weighted by molar-refractivity contribution is 7.89. The fourth-order valence-corrected chi connectivity index (χ4v) is 4.95. The molecular weight excluding hydrogens is 430 g/mol. The zero-order valence-electron chi connectivity index (χ0n) is 17.5. The Balaban J connectivity index is 1.52. The Morgan fingerprint density at radius 2 is 2.00 bits per heavy atom. The van der Waals surface area contributed by atoms with Gasteiger partial charge in [0.15, 0.2) is 11.4 Å². The maximum absolute atomic E-state index is 13.3. The molecule has 9 nitrogen and oxygen atoms in total. The average Bonchev–Trinajstić information content (AvgIpc) is 3.29. The predicted octanol–water partition coefficient (Wildman–Crippen LogP) is 3.23. The van der Waals surface area contributed by atoms with Gasteiger partial charge in [0.2, 0.25) is 10.0 Å². The van der Waals surface area contributed by atoms with Crippen molar-refractivity contribution in [3.63, 3.8) is 0 Å². The number of rotatable bonds is 6. The topological polar surface area (TPSA) is 119 Å². The molecule has 3 aromatic heterocycles. The summed E-state index contributed by atoms with van der Waals surface area (Å²) < 4.78 is 34.8. The van der Waals surface area contributed by atoms with Crippen LogP contribution >= 0.6 is 0 Å². The lowest BCUT2D eigenvalue weighted by atomic mass is 10.1. The molecule has 0 bridgehead atoms. The molecule has 0 unspecified atom stereocenters. The molecular formula is C22H21N5O4S. The quantitative estimate of drug-likeness (QED) is 0.465. The van der Waals surface area contributed by atoms with Crippen LogP contribution in [0.2, 0.25) is 0 Å². The summed E-state index contributed by atoms with van der Waals surface area (Å²) in [5, 5.41) is 7.84. The Bertz CT molecular complexity index is 1440. The number of carbonyl (C=O) groups is 1. The number of aryl methyl sites for hydroxylation is 2. The van der Waals surface area contributed by atoms with Crippen molar-refractivity contribution < 1.29 is 17.6 Å². The minimum absolute atomic E-state index is 0.00284. The lowest BCUT2D eigenvalue weighted by molar-refractivity contribution is 0.102. The van der Waals surface area contributed by atoms with Crippen molar-refractivity contribution >= 4 is 32.7 Å². The van der Waals surface area contributed by atoms with E-state index in [-0.39, 0.29) is 10.9 Å². The number of fused-ring (bicyclic) bond motifs is 1. The SMILES string of the molecule is Cc1nn(C)c2nc(-c3ccco3)cc(C(=O)Nc3cccc(S(=O)(=O)NC4CC4)c3)c12. The highest BCUT2D eigenvalue weighted by Crippen LogP contribution is 2.28. The average molecular weight is 452 g/mol. The molecule has 1 aliphatic rings. The monoisotopic (exact) mass is 451 g/mol. The zero-order valence-corrected chi connectivity index (χ0v) is 18.3. The van der Waals surface area contributed by atoms with E-state index >= 15 is 0 Å². The lowest BCUT2D eigenvalue weighted by Crippen LogP contribution is -2.25. The van der Waals surface area contributed by atoms with Crippen molar-refractivity contribution in [2.75, 3.05) is 5.32 Å². The number of furan rings is 1. The second kappa shape index (κ2) is 7.57. The summed E-state index contributed by atoms with van der Waals surface area (Å²) in [5.74, 6) is 0.130. The van der Waals surface area contributed by atoms with E-state index in [1.165, 1.54) is 18.4 Å². The number of hydrogen-bond donors (Lipinski definition) is 2. The van der Waals surface area contributed by atoms with Gasteiger partial charge in [0.05, 0.1) is 27.8 Å². The van der Waals surface area contributed by atoms with Gasteiger partial charge in [-0.05, 0) is 56.2 Å². The van der Waals surface area contributed by atoms with Crippen molar-refractivity contribution in [3.8, 4) is 11.5 Å². The van der Waals surface area contributed by atoms with Crippen molar-refractivity contribution in [2.45, 2.75) is 30.7 Å². The van der Waals surface area contributed by atoms with E-state index in [1.807, 2.05) is 6.92 Å². The molecule has 3 heterocycles. The molecule has 10 heteroatoms. The standard InChI is InChI=1S/C22H21N5O4S/c1-13-20-17(12-18(19-7-4-10-31-19)24-21(20)27(2)25-13)22(28)23-15-5-3-6-16(11-15)32(29,30)26-14-8-9-14/h3-7,10-12,14,26H,8-9H2,1-2H3,(H,23,28). The molecule has 0 spiro atoms. The van der Waals surface area contributed by atoms with Crippen molar-refractivity contribution in [2.24, 2.45) is 7.05 Å². The molecule has 0 aliphatic heterocycles. The fraction of sp³-hybridized carbons (Fsp3) is 0.227. The summed E-state index contributed by atoms with van der Waals surface area (Å²) in [4.78, 5) is 18.0. The van der Waals surface area contributed by atoms with Crippen LogP contribution in [-0.2, 0) is 17.1 Å². The smallest absolute Gasteiger partial charge is 0.256 e. The lowest BCUT2D eigenvalue weighted by Gasteiger charge is -2.10. The van der Waals surface area contributed by atoms with Gasteiger partial charge in [-0.25, -0.2) is 18.1 Å². The first-order valence-corrected chi connectivity index (χ1v) is 11.6. The van der Waals surface area contributed by atoms with Gasteiger partial charge in [0, 0.05) is 18.8 Å². The second-order valence-electron chi connectivity index (χ2n) is 7.82. The van der Waals surface area contributed by atoms with Gasteiger partial charge >= 0.3 is 0 Å². The summed E-state index contributed by atoms with van der Waals surface area (Å²) in [6, 6.07) is 11.4. The largest absolute Gasteiger partial charge is 0.463 e. The van der Waals surface area contributed by atoms with Crippen LogP contribution in [0.15, 0.2) is 58.0 Å². The zero-order chi connectivity index (χ0) is 22.5. The minimum Gasteiger partial charge on any atom is -0.463 e. The van der Waals surface area contributed by atoms with E-state index in [0.717, 1.165) is 12.8 Å². The normalized spacial score (nSPS) is 14.1. The van der Waals surface area contributed by atoms with Crippen LogP contribution in [0.3, 0.4) is 0 Å². The first-order valence-electron chi connectivity index (χ1n) is 10.1. The van der Waals surface area contributed by atoms with E-state index in [1.54, 1.807) is 42.1 Å². The Kier molecular flexibility index (Phi) is 4.83. The number of aromatic nitrogens is 3. The molecule has 0 radical (unpaired) electrons. The molecule has 1 aromatic carbocycles. The van der Waals surface area contributed by atoms with Crippen molar-refractivity contribution in [1.29, 1.82) is 0 Å². The Morgan fingerprint density at radius 3 is 2.72 bits per heavy atom. The van der Waals surface area contributed by atoms with Gasteiger partial charge < -0.3 is 9.73 Å².